The monoisotopic (exact) mass is 192 g/mol. The molecule has 0 saturated carbocycles. The van der Waals surface area contributed by atoms with Gasteiger partial charge in [-0.2, -0.15) is 0 Å². The van der Waals surface area contributed by atoms with Crippen LogP contribution < -0.4 is 10.5 Å². The summed E-state index contributed by atoms with van der Waals surface area (Å²) < 4.78 is 5.40. The Morgan fingerprint density at radius 3 is 2.86 bits per heavy atom. The molecule has 0 amide bonds. The first-order valence-electron chi connectivity index (χ1n) is 4.64. The van der Waals surface area contributed by atoms with Gasteiger partial charge in [0.1, 0.15) is 0 Å². The Bertz CT molecular complexity index is 293. The molecule has 1 aromatic heterocycles. The van der Waals surface area contributed by atoms with Crippen molar-refractivity contribution >= 4 is 0 Å². The summed E-state index contributed by atoms with van der Waals surface area (Å²) in [6, 6.07) is 3.75. The van der Waals surface area contributed by atoms with Crippen molar-refractivity contribution in [3.05, 3.63) is 36.0 Å². The number of ether oxygens (including phenoxy) is 1. The Labute approximate surface area is 84.6 Å². The highest BCUT2D eigenvalue weighted by atomic mass is 16.5. The molecule has 76 valence electrons. The highest BCUT2D eigenvalue weighted by molar-refractivity contribution is 5.17. The van der Waals surface area contributed by atoms with Gasteiger partial charge in [-0.15, -0.1) is 6.58 Å². The summed E-state index contributed by atoms with van der Waals surface area (Å²) in [5, 5.41) is 0. The molecule has 0 radical (unpaired) electrons. The van der Waals surface area contributed by atoms with Crippen LogP contribution in [0.15, 0.2) is 30.5 Å². The molecule has 0 saturated heterocycles. The molecule has 1 rings (SSSR count). The number of pyridine rings is 1. The summed E-state index contributed by atoms with van der Waals surface area (Å²) in [6.07, 6.45) is 2.59. The third kappa shape index (κ3) is 3.58. The molecule has 1 aromatic rings. The lowest BCUT2D eigenvalue weighted by Crippen LogP contribution is -2.01. The maximum absolute atomic E-state index is 5.45. The first kappa shape index (κ1) is 10.7. The summed E-state index contributed by atoms with van der Waals surface area (Å²) in [5.74, 6) is 0.642. The van der Waals surface area contributed by atoms with E-state index in [1.807, 2.05) is 19.1 Å². The van der Waals surface area contributed by atoms with E-state index in [4.69, 9.17) is 10.5 Å². The van der Waals surface area contributed by atoms with E-state index in [0.29, 0.717) is 19.0 Å². The maximum Gasteiger partial charge on any atom is 0.213 e. The van der Waals surface area contributed by atoms with E-state index in [-0.39, 0.29) is 0 Å². The van der Waals surface area contributed by atoms with E-state index in [2.05, 4.69) is 11.6 Å². The Kier molecular flexibility index (Phi) is 4.13. The standard InChI is InChI=1S/C11H16N2O/c1-9(2)5-6-14-11-4-3-10(7-12)8-13-11/h3-4,8H,1,5-7,12H2,2H3. The number of aromatic nitrogens is 1. The summed E-state index contributed by atoms with van der Waals surface area (Å²) in [6.45, 7) is 6.92. The number of hydrogen-bond donors (Lipinski definition) is 1. The quantitative estimate of drug-likeness (QED) is 0.725. The SMILES string of the molecule is C=C(C)CCOc1ccc(CN)cn1. The van der Waals surface area contributed by atoms with Gasteiger partial charge < -0.3 is 10.5 Å². The van der Waals surface area contributed by atoms with Crippen LogP contribution in [-0.2, 0) is 6.54 Å². The summed E-state index contributed by atoms with van der Waals surface area (Å²) in [7, 11) is 0. The molecule has 3 heteroatoms. The van der Waals surface area contributed by atoms with E-state index in [1.165, 1.54) is 0 Å². The first-order valence-corrected chi connectivity index (χ1v) is 4.64. The lowest BCUT2D eigenvalue weighted by Gasteiger charge is -2.04. The fourth-order valence-electron chi connectivity index (χ4n) is 0.947. The van der Waals surface area contributed by atoms with E-state index < -0.39 is 0 Å². The summed E-state index contributed by atoms with van der Waals surface area (Å²) in [5.41, 5.74) is 7.57. The third-order valence-corrected chi connectivity index (χ3v) is 1.81. The van der Waals surface area contributed by atoms with E-state index in [9.17, 15) is 0 Å². The van der Waals surface area contributed by atoms with Crippen LogP contribution in [0.25, 0.3) is 0 Å². The van der Waals surface area contributed by atoms with Crippen molar-refractivity contribution < 1.29 is 4.74 Å². The molecule has 0 aliphatic rings. The van der Waals surface area contributed by atoms with Crippen LogP contribution in [0.5, 0.6) is 5.88 Å². The van der Waals surface area contributed by atoms with Crippen molar-refractivity contribution in [3.8, 4) is 5.88 Å². The summed E-state index contributed by atoms with van der Waals surface area (Å²) in [4.78, 5) is 4.11. The predicted molar refractivity (Wildman–Crippen MR) is 57.1 cm³/mol. The number of rotatable bonds is 5. The van der Waals surface area contributed by atoms with Crippen LogP contribution in [0.2, 0.25) is 0 Å². The molecule has 0 bridgehead atoms. The van der Waals surface area contributed by atoms with E-state index >= 15 is 0 Å². The van der Waals surface area contributed by atoms with Gasteiger partial charge in [0.15, 0.2) is 0 Å². The minimum Gasteiger partial charge on any atom is -0.477 e. The Morgan fingerprint density at radius 1 is 1.57 bits per heavy atom. The predicted octanol–water partition coefficient (Wildman–Crippen LogP) is 1.89. The molecule has 0 unspecified atom stereocenters. The van der Waals surface area contributed by atoms with Crippen LogP contribution in [0.3, 0.4) is 0 Å². The third-order valence-electron chi connectivity index (χ3n) is 1.81. The molecule has 0 spiro atoms. The molecular formula is C11H16N2O. The lowest BCUT2D eigenvalue weighted by molar-refractivity contribution is 0.309. The van der Waals surface area contributed by atoms with Gasteiger partial charge in [0.05, 0.1) is 6.61 Å². The van der Waals surface area contributed by atoms with Crippen LogP contribution in [-0.4, -0.2) is 11.6 Å². The molecule has 0 aliphatic heterocycles. The fourth-order valence-corrected chi connectivity index (χ4v) is 0.947. The van der Waals surface area contributed by atoms with Crippen LogP contribution in [0.4, 0.5) is 0 Å². The van der Waals surface area contributed by atoms with Gasteiger partial charge in [-0.05, 0) is 12.5 Å². The smallest absolute Gasteiger partial charge is 0.213 e. The zero-order valence-corrected chi connectivity index (χ0v) is 8.49. The van der Waals surface area contributed by atoms with Crippen LogP contribution in [0.1, 0.15) is 18.9 Å². The molecule has 1 heterocycles. The highest BCUT2D eigenvalue weighted by Gasteiger charge is 1.95. The molecule has 0 fully saturated rings. The zero-order valence-electron chi connectivity index (χ0n) is 8.49. The van der Waals surface area contributed by atoms with Gasteiger partial charge in [0, 0.05) is 25.2 Å². The van der Waals surface area contributed by atoms with Gasteiger partial charge in [0.25, 0.3) is 0 Å². The van der Waals surface area contributed by atoms with Gasteiger partial charge in [-0.3, -0.25) is 0 Å². The average Bonchev–Trinajstić information content (AvgIpc) is 2.18. The lowest BCUT2D eigenvalue weighted by atomic mass is 10.3. The first-order chi connectivity index (χ1) is 6.72. The number of nitrogens with zero attached hydrogens (tertiary/aromatic N) is 1. The molecule has 14 heavy (non-hydrogen) atoms. The van der Waals surface area contributed by atoms with Crippen molar-refractivity contribution in [1.29, 1.82) is 0 Å². The van der Waals surface area contributed by atoms with E-state index in [0.717, 1.165) is 17.6 Å². The zero-order chi connectivity index (χ0) is 10.4. The fraction of sp³-hybridized carbons (Fsp3) is 0.364. The highest BCUT2D eigenvalue weighted by Crippen LogP contribution is 2.08. The second kappa shape index (κ2) is 5.40. The van der Waals surface area contributed by atoms with Crippen molar-refractivity contribution in [2.75, 3.05) is 6.61 Å². The van der Waals surface area contributed by atoms with Crippen molar-refractivity contribution in [1.82, 2.24) is 4.98 Å². The van der Waals surface area contributed by atoms with Crippen molar-refractivity contribution in [2.24, 2.45) is 5.73 Å². The van der Waals surface area contributed by atoms with E-state index in [1.54, 1.807) is 6.20 Å². The summed E-state index contributed by atoms with van der Waals surface area (Å²) >= 11 is 0. The Hall–Kier alpha value is -1.35. The Morgan fingerprint density at radius 2 is 2.36 bits per heavy atom. The molecule has 0 aliphatic carbocycles. The van der Waals surface area contributed by atoms with Crippen molar-refractivity contribution in [3.63, 3.8) is 0 Å². The minimum atomic E-state index is 0.513. The van der Waals surface area contributed by atoms with Gasteiger partial charge >= 0.3 is 0 Å². The van der Waals surface area contributed by atoms with Crippen LogP contribution >= 0.6 is 0 Å². The normalized spacial score (nSPS) is 9.86. The molecule has 2 N–H and O–H groups in total. The molecule has 3 nitrogen and oxygen atoms in total. The second-order valence-electron chi connectivity index (χ2n) is 3.26. The maximum atomic E-state index is 5.45. The largest absolute Gasteiger partial charge is 0.477 e. The van der Waals surface area contributed by atoms with Crippen molar-refractivity contribution in [2.45, 2.75) is 19.9 Å². The average molecular weight is 192 g/mol. The minimum absolute atomic E-state index is 0.513. The molecular weight excluding hydrogens is 176 g/mol. The van der Waals surface area contributed by atoms with Crippen LogP contribution in [0, 0.1) is 0 Å². The van der Waals surface area contributed by atoms with Gasteiger partial charge in [0.2, 0.25) is 5.88 Å². The Balaban J connectivity index is 2.40. The number of nitrogens with two attached hydrogens (primary N) is 1. The number of hydrogen-bond acceptors (Lipinski definition) is 3. The topological polar surface area (TPSA) is 48.1 Å². The second-order valence-corrected chi connectivity index (χ2v) is 3.26. The van der Waals surface area contributed by atoms with Gasteiger partial charge in [-0.25, -0.2) is 4.98 Å². The van der Waals surface area contributed by atoms with Gasteiger partial charge in [-0.1, -0.05) is 11.6 Å². The molecule has 0 aromatic carbocycles. The molecule has 0 atom stereocenters.